The largest absolute Gasteiger partial charge is 0.350 e. The van der Waals surface area contributed by atoms with Crippen molar-refractivity contribution in [2.45, 2.75) is 20.4 Å². The normalized spacial score (nSPS) is 11.1. The minimum Gasteiger partial charge on any atom is -0.350 e. The molecule has 0 aliphatic carbocycles. The number of anilines is 3. The van der Waals surface area contributed by atoms with Crippen molar-refractivity contribution in [1.29, 1.82) is 0 Å². The molecule has 0 spiro atoms. The van der Waals surface area contributed by atoms with Crippen LogP contribution in [0.5, 0.6) is 0 Å². The van der Waals surface area contributed by atoms with E-state index >= 15 is 4.39 Å². The Morgan fingerprint density at radius 2 is 1.89 bits per heavy atom. The van der Waals surface area contributed by atoms with E-state index in [0.717, 1.165) is 9.25 Å². The number of rotatable bonds is 7. The first-order chi connectivity index (χ1) is 18.0. The number of benzene rings is 2. The molecule has 38 heavy (non-hydrogen) atoms. The van der Waals surface area contributed by atoms with Crippen LogP contribution >= 0.6 is 22.6 Å². The highest BCUT2D eigenvalue weighted by Gasteiger charge is 2.24. The van der Waals surface area contributed by atoms with E-state index < -0.39 is 28.4 Å². The number of aromatic nitrogens is 3. The van der Waals surface area contributed by atoms with Gasteiger partial charge >= 0.3 is 0 Å². The van der Waals surface area contributed by atoms with E-state index in [1.807, 2.05) is 22.6 Å². The van der Waals surface area contributed by atoms with Crippen LogP contribution in [0.2, 0.25) is 0 Å². The van der Waals surface area contributed by atoms with Crippen molar-refractivity contribution in [2.24, 2.45) is 13.0 Å². The third-order valence-electron chi connectivity index (χ3n) is 5.85. The van der Waals surface area contributed by atoms with Gasteiger partial charge in [-0.25, -0.2) is 9.07 Å². The predicted molar refractivity (Wildman–Crippen MR) is 153 cm³/mol. The van der Waals surface area contributed by atoms with E-state index in [1.165, 1.54) is 25.3 Å². The minimum atomic E-state index is -1.24. The van der Waals surface area contributed by atoms with Crippen LogP contribution in [0.3, 0.4) is 0 Å². The third kappa shape index (κ3) is 5.10. The molecule has 1 amide bonds. The Hall–Kier alpha value is -3.87. The Morgan fingerprint density at radius 1 is 1.16 bits per heavy atom. The first-order valence-electron chi connectivity index (χ1n) is 11.6. The number of allylic oxidation sites excluding steroid dienone is 1. The SMILES string of the molecule is C=CCn1nc(-c2cccc(NC(=O)C(C)C)c2)c2c(c(Nc3ccc(I)cc3F)c(F)c(=O)n2C)c1=O. The number of fused-ring (bicyclic) bond motifs is 1. The molecule has 0 saturated heterocycles. The fraction of sp³-hybridized carbons (Fsp3) is 0.185. The van der Waals surface area contributed by atoms with Crippen molar-refractivity contribution >= 4 is 56.5 Å². The van der Waals surface area contributed by atoms with Gasteiger partial charge in [0.15, 0.2) is 0 Å². The van der Waals surface area contributed by atoms with Gasteiger partial charge in [-0.05, 0) is 52.9 Å². The lowest BCUT2D eigenvalue weighted by molar-refractivity contribution is -0.118. The molecule has 0 radical (unpaired) electrons. The Kier molecular flexibility index (Phi) is 7.76. The van der Waals surface area contributed by atoms with Crippen molar-refractivity contribution in [1.82, 2.24) is 14.3 Å². The first-order valence-corrected chi connectivity index (χ1v) is 12.7. The molecule has 2 aromatic heterocycles. The summed E-state index contributed by atoms with van der Waals surface area (Å²) < 4.78 is 32.8. The van der Waals surface area contributed by atoms with Crippen molar-refractivity contribution in [3.05, 3.63) is 91.0 Å². The molecule has 2 N–H and O–H groups in total. The van der Waals surface area contributed by atoms with Crippen LogP contribution in [0.15, 0.2) is 64.7 Å². The van der Waals surface area contributed by atoms with Crippen LogP contribution in [0.4, 0.5) is 25.8 Å². The topological polar surface area (TPSA) is 98.0 Å². The lowest BCUT2D eigenvalue weighted by Crippen LogP contribution is -2.30. The summed E-state index contributed by atoms with van der Waals surface area (Å²) in [5.41, 5.74) is -1.12. The summed E-state index contributed by atoms with van der Waals surface area (Å²) in [4.78, 5) is 38.8. The summed E-state index contributed by atoms with van der Waals surface area (Å²) in [6.45, 7) is 7.17. The van der Waals surface area contributed by atoms with Gasteiger partial charge in [0, 0.05) is 27.8 Å². The summed E-state index contributed by atoms with van der Waals surface area (Å²) in [5, 5.41) is 9.70. The standard InChI is InChI=1S/C27H24F2IN5O3/c1-5-11-35-26(37)20-23(32-19-10-9-16(30)13-18(19)28)21(29)27(38)34(4)24(20)22(33-35)15-7-6-8-17(12-15)31-25(36)14(2)3/h5-10,12-14,32H,1,11H2,2-4H3,(H,31,36). The quantitative estimate of drug-likeness (QED) is 0.217. The molecule has 2 aromatic carbocycles. The van der Waals surface area contributed by atoms with Crippen molar-refractivity contribution in [2.75, 3.05) is 10.6 Å². The maximum Gasteiger partial charge on any atom is 0.289 e. The van der Waals surface area contributed by atoms with Crippen LogP contribution < -0.4 is 21.8 Å². The van der Waals surface area contributed by atoms with Gasteiger partial charge < -0.3 is 15.2 Å². The molecule has 4 aromatic rings. The van der Waals surface area contributed by atoms with Crippen LogP contribution in [-0.4, -0.2) is 20.3 Å². The van der Waals surface area contributed by atoms with E-state index in [1.54, 1.807) is 44.2 Å². The molecule has 0 bridgehead atoms. The molecule has 4 rings (SSSR count). The fourth-order valence-electron chi connectivity index (χ4n) is 3.89. The first kappa shape index (κ1) is 27.2. The van der Waals surface area contributed by atoms with E-state index in [2.05, 4.69) is 22.3 Å². The molecule has 0 aliphatic heterocycles. The molecule has 8 nitrogen and oxygen atoms in total. The lowest BCUT2D eigenvalue weighted by Gasteiger charge is -2.18. The van der Waals surface area contributed by atoms with Crippen molar-refractivity contribution in [3.63, 3.8) is 0 Å². The van der Waals surface area contributed by atoms with Gasteiger partial charge in [0.25, 0.3) is 11.1 Å². The maximum absolute atomic E-state index is 15.4. The van der Waals surface area contributed by atoms with Gasteiger partial charge in [0.05, 0.1) is 28.8 Å². The van der Waals surface area contributed by atoms with Gasteiger partial charge in [-0.2, -0.15) is 9.49 Å². The van der Waals surface area contributed by atoms with Gasteiger partial charge in [-0.15, -0.1) is 6.58 Å². The smallest absolute Gasteiger partial charge is 0.289 e. The highest BCUT2D eigenvalue weighted by atomic mass is 127. The van der Waals surface area contributed by atoms with Gasteiger partial charge in [-0.1, -0.05) is 32.1 Å². The molecule has 2 heterocycles. The van der Waals surface area contributed by atoms with Crippen LogP contribution in [0.25, 0.3) is 22.2 Å². The second kappa shape index (κ2) is 10.9. The number of aryl methyl sites for hydroxylation is 1. The molecule has 196 valence electrons. The summed E-state index contributed by atoms with van der Waals surface area (Å²) in [6, 6.07) is 10.9. The molecule has 0 saturated carbocycles. The maximum atomic E-state index is 15.4. The molecular formula is C27H24F2IN5O3. The Bertz CT molecular complexity index is 1710. The summed E-state index contributed by atoms with van der Waals surface area (Å²) in [6.07, 6.45) is 1.45. The number of amides is 1. The zero-order chi connectivity index (χ0) is 27.7. The van der Waals surface area contributed by atoms with Crippen molar-refractivity contribution in [3.8, 4) is 11.3 Å². The molecule has 0 atom stereocenters. The number of hydrogen-bond donors (Lipinski definition) is 2. The molecule has 0 fully saturated rings. The van der Waals surface area contributed by atoms with Crippen LogP contribution in [-0.2, 0) is 18.4 Å². The zero-order valence-corrected chi connectivity index (χ0v) is 23.0. The van der Waals surface area contributed by atoms with E-state index in [4.69, 9.17) is 0 Å². The lowest BCUT2D eigenvalue weighted by atomic mass is 10.1. The molecule has 0 aliphatic rings. The number of halogens is 3. The Labute approximate surface area is 230 Å². The molecule has 11 heteroatoms. The number of carbonyl (C=O) groups is 1. The number of hydrogen-bond acceptors (Lipinski definition) is 5. The third-order valence-corrected chi connectivity index (χ3v) is 6.52. The second-order valence-electron chi connectivity index (χ2n) is 8.88. The van der Waals surface area contributed by atoms with Crippen LogP contribution in [0, 0.1) is 21.1 Å². The number of carbonyl (C=O) groups excluding carboxylic acids is 1. The molecular weight excluding hydrogens is 607 g/mol. The van der Waals surface area contributed by atoms with E-state index in [9.17, 15) is 18.8 Å². The monoisotopic (exact) mass is 631 g/mol. The molecule has 0 unspecified atom stereocenters. The average Bonchev–Trinajstić information content (AvgIpc) is 2.87. The highest BCUT2D eigenvalue weighted by Crippen LogP contribution is 2.32. The average molecular weight is 631 g/mol. The Morgan fingerprint density at radius 3 is 2.55 bits per heavy atom. The van der Waals surface area contributed by atoms with E-state index in [0.29, 0.717) is 14.8 Å². The summed E-state index contributed by atoms with van der Waals surface area (Å²) in [7, 11) is 1.33. The minimum absolute atomic E-state index is 0.00660. The number of pyridine rings is 1. The summed E-state index contributed by atoms with van der Waals surface area (Å²) >= 11 is 1.93. The Balaban J connectivity index is 2.06. The highest BCUT2D eigenvalue weighted by molar-refractivity contribution is 14.1. The summed E-state index contributed by atoms with van der Waals surface area (Å²) in [5.74, 6) is -2.38. The van der Waals surface area contributed by atoms with Crippen LogP contribution in [0.1, 0.15) is 13.8 Å². The number of nitrogens with zero attached hydrogens (tertiary/aromatic N) is 3. The zero-order valence-electron chi connectivity index (χ0n) is 20.8. The second-order valence-corrected chi connectivity index (χ2v) is 10.1. The van der Waals surface area contributed by atoms with E-state index in [-0.39, 0.29) is 40.7 Å². The van der Waals surface area contributed by atoms with Gasteiger partial charge in [0.1, 0.15) is 11.5 Å². The predicted octanol–water partition coefficient (Wildman–Crippen LogP) is 5.17. The van der Waals surface area contributed by atoms with Gasteiger partial charge in [0.2, 0.25) is 11.7 Å². The fourth-order valence-corrected chi connectivity index (χ4v) is 4.35. The van der Waals surface area contributed by atoms with Crippen molar-refractivity contribution < 1.29 is 13.6 Å². The number of nitrogens with one attached hydrogen (secondary N) is 2. The van der Waals surface area contributed by atoms with Gasteiger partial charge in [-0.3, -0.25) is 14.4 Å².